The lowest BCUT2D eigenvalue weighted by Crippen LogP contribution is -2.45. The molecule has 5 heteroatoms. The maximum atomic E-state index is 13.9. The molecule has 1 N–H and O–H groups in total. The molecule has 0 radical (unpaired) electrons. The molecule has 0 saturated heterocycles. The van der Waals surface area contributed by atoms with Crippen molar-refractivity contribution >= 4 is 0 Å². The molecule has 2 heterocycles. The maximum Gasteiger partial charge on any atom is 0.256 e. The summed E-state index contributed by atoms with van der Waals surface area (Å²) >= 11 is 0. The fraction of sp³-hybridized carbons (Fsp3) is 0.448. The van der Waals surface area contributed by atoms with Crippen LogP contribution in [0.3, 0.4) is 0 Å². The van der Waals surface area contributed by atoms with Gasteiger partial charge in [0.1, 0.15) is 6.17 Å². The lowest BCUT2D eigenvalue weighted by Gasteiger charge is -2.39. The molecule has 180 valence electrons. The SMILES string of the molecule is C=C(NC1C=CC(C)=C(C2=CC(CC)N(C)C=C2)N1C)C1(c2ccc3c(c2)CC(F)(F)C3)CC1. The van der Waals surface area contributed by atoms with E-state index >= 15 is 0 Å². The normalized spacial score (nSPS) is 26.5. The highest BCUT2D eigenvalue weighted by Crippen LogP contribution is 2.53. The number of benzene rings is 1. The first-order valence-electron chi connectivity index (χ1n) is 12.3. The Balaban J connectivity index is 1.34. The van der Waals surface area contributed by atoms with Gasteiger partial charge < -0.3 is 15.1 Å². The molecule has 5 rings (SSSR count). The van der Waals surface area contributed by atoms with Gasteiger partial charge in [0.05, 0.1) is 0 Å². The quantitative estimate of drug-likeness (QED) is 0.573. The van der Waals surface area contributed by atoms with Crippen molar-refractivity contribution in [2.75, 3.05) is 14.1 Å². The monoisotopic (exact) mass is 463 g/mol. The van der Waals surface area contributed by atoms with Crippen LogP contribution in [0.2, 0.25) is 0 Å². The van der Waals surface area contributed by atoms with Crippen LogP contribution in [0.4, 0.5) is 8.78 Å². The third-order valence-corrected chi connectivity index (χ3v) is 8.05. The van der Waals surface area contributed by atoms with Crippen LogP contribution in [0.25, 0.3) is 0 Å². The fourth-order valence-corrected chi connectivity index (χ4v) is 5.78. The Kier molecular flexibility index (Phi) is 5.50. The number of hydrogen-bond acceptors (Lipinski definition) is 3. The molecule has 0 spiro atoms. The van der Waals surface area contributed by atoms with Gasteiger partial charge in [0, 0.05) is 49.8 Å². The minimum absolute atomic E-state index is 0.0172. The number of nitrogens with one attached hydrogen (secondary N) is 1. The van der Waals surface area contributed by atoms with E-state index in [1.54, 1.807) is 0 Å². The maximum absolute atomic E-state index is 13.9. The Hall–Kier alpha value is -2.82. The first-order chi connectivity index (χ1) is 16.1. The van der Waals surface area contributed by atoms with E-state index in [0.717, 1.165) is 41.6 Å². The van der Waals surface area contributed by atoms with Gasteiger partial charge in [0.15, 0.2) is 0 Å². The van der Waals surface area contributed by atoms with Gasteiger partial charge in [-0.15, -0.1) is 0 Å². The molecule has 1 aromatic carbocycles. The van der Waals surface area contributed by atoms with E-state index in [-0.39, 0.29) is 24.4 Å². The smallest absolute Gasteiger partial charge is 0.256 e. The highest BCUT2D eigenvalue weighted by molar-refractivity contribution is 5.50. The second-order valence-corrected chi connectivity index (χ2v) is 10.4. The van der Waals surface area contributed by atoms with Gasteiger partial charge >= 0.3 is 0 Å². The van der Waals surface area contributed by atoms with Crippen LogP contribution in [-0.2, 0) is 18.3 Å². The molecule has 2 aliphatic carbocycles. The third kappa shape index (κ3) is 3.89. The predicted octanol–water partition coefficient (Wildman–Crippen LogP) is 5.82. The third-order valence-electron chi connectivity index (χ3n) is 8.05. The van der Waals surface area contributed by atoms with Crippen molar-refractivity contribution in [2.45, 2.75) is 69.5 Å². The number of alkyl halides is 2. The highest BCUT2D eigenvalue weighted by atomic mass is 19.3. The summed E-state index contributed by atoms with van der Waals surface area (Å²) in [5, 5.41) is 3.68. The molecule has 2 atom stereocenters. The van der Waals surface area contributed by atoms with Crippen LogP contribution in [0.5, 0.6) is 0 Å². The minimum Gasteiger partial charge on any atom is -0.374 e. The average Bonchev–Trinajstić information content (AvgIpc) is 3.54. The summed E-state index contributed by atoms with van der Waals surface area (Å²) in [5.74, 6) is -2.61. The van der Waals surface area contributed by atoms with Gasteiger partial charge in [0.25, 0.3) is 5.92 Å². The number of likely N-dealkylation sites (N-methyl/N-ethyl adjacent to an activating group) is 2. The van der Waals surface area contributed by atoms with Crippen molar-refractivity contribution < 1.29 is 8.78 Å². The van der Waals surface area contributed by atoms with Crippen LogP contribution in [0.1, 0.15) is 49.8 Å². The molecule has 2 unspecified atom stereocenters. The van der Waals surface area contributed by atoms with Crippen molar-refractivity contribution in [3.8, 4) is 0 Å². The van der Waals surface area contributed by atoms with E-state index < -0.39 is 5.92 Å². The van der Waals surface area contributed by atoms with E-state index in [0.29, 0.717) is 6.04 Å². The summed E-state index contributed by atoms with van der Waals surface area (Å²) in [4.78, 5) is 4.53. The largest absolute Gasteiger partial charge is 0.374 e. The second-order valence-electron chi connectivity index (χ2n) is 10.4. The standard InChI is InChI=1S/C29H35F2N3/c1-6-25-16-21(11-14-33(25)4)27-19(2)7-10-26(34(27)5)32-20(3)28(12-13-28)24-9-8-22-17-29(30,31)18-23(22)15-24/h7-11,14-16,25-26,32H,3,6,12-13,17-18H2,1-2,4-5H3. The van der Waals surface area contributed by atoms with Crippen molar-refractivity contribution in [1.82, 2.24) is 15.1 Å². The first kappa shape index (κ1) is 22.9. The van der Waals surface area contributed by atoms with E-state index in [1.807, 2.05) is 18.2 Å². The topological polar surface area (TPSA) is 18.5 Å². The number of hydrogen-bond donors (Lipinski definition) is 1. The number of rotatable bonds is 6. The first-order valence-corrected chi connectivity index (χ1v) is 12.3. The molecule has 0 amide bonds. The number of fused-ring (bicyclic) bond motifs is 1. The van der Waals surface area contributed by atoms with Crippen LogP contribution >= 0.6 is 0 Å². The second kappa shape index (κ2) is 8.14. The molecular weight excluding hydrogens is 428 g/mol. The molecule has 1 aromatic rings. The average molecular weight is 464 g/mol. The van der Waals surface area contributed by atoms with Crippen molar-refractivity contribution in [2.24, 2.45) is 0 Å². The Labute approximate surface area is 202 Å². The predicted molar refractivity (Wildman–Crippen MR) is 134 cm³/mol. The van der Waals surface area contributed by atoms with E-state index in [1.165, 1.54) is 16.8 Å². The molecule has 1 saturated carbocycles. The minimum atomic E-state index is -2.61. The molecule has 1 fully saturated rings. The van der Waals surface area contributed by atoms with Gasteiger partial charge in [0.2, 0.25) is 0 Å². The summed E-state index contributed by atoms with van der Waals surface area (Å²) in [6.07, 6.45) is 13.8. The van der Waals surface area contributed by atoms with Crippen LogP contribution in [0.15, 0.2) is 77.8 Å². The van der Waals surface area contributed by atoms with Crippen molar-refractivity contribution in [3.05, 3.63) is 94.5 Å². The van der Waals surface area contributed by atoms with Crippen LogP contribution in [0, 0.1) is 0 Å². The van der Waals surface area contributed by atoms with Gasteiger partial charge in [-0.25, -0.2) is 8.78 Å². The molecule has 0 aromatic heterocycles. The Morgan fingerprint density at radius 2 is 1.88 bits per heavy atom. The van der Waals surface area contributed by atoms with E-state index in [4.69, 9.17) is 0 Å². The summed E-state index contributed by atoms with van der Waals surface area (Å²) < 4.78 is 27.8. The van der Waals surface area contributed by atoms with E-state index in [9.17, 15) is 8.78 Å². The van der Waals surface area contributed by atoms with Crippen LogP contribution in [-0.4, -0.2) is 42.0 Å². The van der Waals surface area contributed by atoms with Gasteiger partial charge in [-0.05, 0) is 72.4 Å². The number of nitrogens with zero attached hydrogens (tertiary/aromatic N) is 2. The van der Waals surface area contributed by atoms with Gasteiger partial charge in [-0.1, -0.05) is 43.9 Å². The summed E-state index contributed by atoms with van der Waals surface area (Å²) in [5.41, 5.74) is 7.20. The zero-order valence-electron chi connectivity index (χ0n) is 20.7. The molecule has 4 aliphatic rings. The van der Waals surface area contributed by atoms with Crippen molar-refractivity contribution in [1.29, 1.82) is 0 Å². The zero-order chi connectivity index (χ0) is 24.3. The molecule has 3 nitrogen and oxygen atoms in total. The van der Waals surface area contributed by atoms with Gasteiger partial charge in [-0.2, -0.15) is 0 Å². The van der Waals surface area contributed by atoms with Crippen LogP contribution < -0.4 is 5.32 Å². The van der Waals surface area contributed by atoms with E-state index in [2.05, 4.69) is 80.1 Å². The summed E-state index contributed by atoms with van der Waals surface area (Å²) in [7, 11) is 4.24. The summed E-state index contributed by atoms with van der Waals surface area (Å²) in [6.45, 7) is 8.81. The zero-order valence-corrected chi connectivity index (χ0v) is 20.7. The number of allylic oxidation sites excluding steroid dienone is 4. The molecule has 0 bridgehead atoms. The fourth-order valence-electron chi connectivity index (χ4n) is 5.78. The Morgan fingerprint density at radius 3 is 2.59 bits per heavy atom. The Morgan fingerprint density at radius 1 is 1.15 bits per heavy atom. The van der Waals surface area contributed by atoms with Crippen molar-refractivity contribution in [3.63, 3.8) is 0 Å². The lowest BCUT2D eigenvalue weighted by atomic mass is 9.90. The molecule has 2 aliphatic heterocycles. The molecule has 34 heavy (non-hydrogen) atoms. The molecular formula is C29H35F2N3. The highest BCUT2D eigenvalue weighted by Gasteiger charge is 2.48. The number of halogens is 2. The lowest BCUT2D eigenvalue weighted by molar-refractivity contribution is 0.0130. The van der Waals surface area contributed by atoms with Gasteiger partial charge in [-0.3, -0.25) is 0 Å². The Bertz CT molecular complexity index is 1140. The summed E-state index contributed by atoms with van der Waals surface area (Å²) in [6, 6.07) is 6.33.